The van der Waals surface area contributed by atoms with Crippen LogP contribution in [0.15, 0.2) is 64.8 Å². The molecular formula is C23H23FN4O3. The lowest BCUT2D eigenvalue weighted by Crippen LogP contribution is -2.46. The van der Waals surface area contributed by atoms with Crippen LogP contribution in [0.3, 0.4) is 0 Å². The zero-order valence-corrected chi connectivity index (χ0v) is 17.3. The first-order valence-electron chi connectivity index (χ1n) is 10.0. The summed E-state index contributed by atoms with van der Waals surface area (Å²) in [7, 11) is 1.62. The molecule has 7 nitrogen and oxygen atoms in total. The second kappa shape index (κ2) is 9.09. The van der Waals surface area contributed by atoms with Crippen molar-refractivity contribution in [3.63, 3.8) is 0 Å². The van der Waals surface area contributed by atoms with Gasteiger partial charge in [0.05, 0.1) is 11.6 Å². The van der Waals surface area contributed by atoms with Crippen LogP contribution in [0.4, 0.5) is 9.18 Å². The minimum Gasteiger partial charge on any atom is -0.385 e. The molecule has 4 rings (SSSR count). The van der Waals surface area contributed by atoms with Crippen molar-refractivity contribution in [3.05, 3.63) is 77.6 Å². The monoisotopic (exact) mass is 422 g/mol. The largest absolute Gasteiger partial charge is 0.385 e. The van der Waals surface area contributed by atoms with E-state index in [0.29, 0.717) is 42.6 Å². The van der Waals surface area contributed by atoms with Crippen LogP contribution in [-0.2, 0) is 4.74 Å². The Hall–Kier alpha value is -3.52. The Kier molecular flexibility index (Phi) is 6.08. The summed E-state index contributed by atoms with van der Waals surface area (Å²) in [6.45, 7) is 2.86. The number of nitrogens with one attached hydrogen (secondary N) is 1. The molecule has 1 aromatic heterocycles. The SMILES string of the molecule is COCCCN1C(=O)NC(c2ccc(F)cc2)C(c2nc(-c3ccccc3)no2)=C1C. The van der Waals surface area contributed by atoms with Crippen LogP contribution < -0.4 is 5.32 Å². The van der Waals surface area contributed by atoms with Crippen molar-refractivity contribution in [1.82, 2.24) is 20.4 Å². The Morgan fingerprint density at radius 2 is 1.90 bits per heavy atom. The van der Waals surface area contributed by atoms with Crippen molar-refractivity contribution >= 4 is 11.6 Å². The number of rotatable bonds is 7. The molecular weight excluding hydrogens is 399 g/mol. The molecule has 0 radical (unpaired) electrons. The number of carbonyl (C=O) groups excluding carboxylic acids is 1. The Bertz CT molecular complexity index is 1080. The number of hydrogen-bond acceptors (Lipinski definition) is 5. The molecule has 1 aliphatic rings. The molecule has 1 aliphatic heterocycles. The molecule has 2 heterocycles. The molecule has 8 heteroatoms. The third-order valence-corrected chi connectivity index (χ3v) is 5.22. The maximum Gasteiger partial charge on any atom is 0.322 e. The van der Waals surface area contributed by atoms with E-state index in [1.54, 1.807) is 24.1 Å². The minimum absolute atomic E-state index is 0.241. The second-order valence-corrected chi connectivity index (χ2v) is 7.22. The zero-order chi connectivity index (χ0) is 21.8. The van der Waals surface area contributed by atoms with Gasteiger partial charge in [0.2, 0.25) is 5.82 Å². The van der Waals surface area contributed by atoms with Crippen molar-refractivity contribution in [3.8, 4) is 11.4 Å². The van der Waals surface area contributed by atoms with Crippen LogP contribution in [0.2, 0.25) is 0 Å². The third kappa shape index (κ3) is 4.34. The van der Waals surface area contributed by atoms with Crippen LogP contribution in [0.5, 0.6) is 0 Å². The van der Waals surface area contributed by atoms with Gasteiger partial charge in [0, 0.05) is 31.5 Å². The van der Waals surface area contributed by atoms with Gasteiger partial charge < -0.3 is 14.6 Å². The number of urea groups is 1. The maximum atomic E-state index is 13.5. The van der Waals surface area contributed by atoms with Gasteiger partial charge in [0.1, 0.15) is 5.82 Å². The van der Waals surface area contributed by atoms with E-state index in [-0.39, 0.29) is 11.8 Å². The molecule has 0 aliphatic carbocycles. The number of methoxy groups -OCH3 is 1. The number of hydrogen-bond donors (Lipinski definition) is 1. The topological polar surface area (TPSA) is 80.5 Å². The van der Waals surface area contributed by atoms with E-state index in [1.165, 1.54) is 12.1 Å². The molecule has 3 aromatic rings. The molecule has 0 spiro atoms. The van der Waals surface area contributed by atoms with E-state index < -0.39 is 6.04 Å². The number of nitrogens with zero attached hydrogens (tertiary/aromatic N) is 3. The summed E-state index contributed by atoms with van der Waals surface area (Å²) in [6, 6.07) is 14.7. The highest BCUT2D eigenvalue weighted by molar-refractivity contribution is 5.86. The number of amides is 2. The second-order valence-electron chi connectivity index (χ2n) is 7.22. The fourth-order valence-electron chi connectivity index (χ4n) is 3.64. The average molecular weight is 422 g/mol. The van der Waals surface area contributed by atoms with Gasteiger partial charge in [0.15, 0.2) is 0 Å². The summed E-state index contributed by atoms with van der Waals surface area (Å²) in [5.74, 6) is 0.414. The lowest BCUT2D eigenvalue weighted by molar-refractivity contribution is 0.174. The highest BCUT2D eigenvalue weighted by Crippen LogP contribution is 2.37. The van der Waals surface area contributed by atoms with Crippen LogP contribution in [0, 0.1) is 5.82 Å². The smallest absolute Gasteiger partial charge is 0.322 e. The third-order valence-electron chi connectivity index (χ3n) is 5.22. The standard InChI is InChI=1S/C23H23FN4O3/c1-15-19(22-26-21(27-31-22)17-7-4-3-5-8-17)20(16-9-11-18(24)12-10-16)25-23(29)28(15)13-6-14-30-2/h3-5,7-12,20H,6,13-14H2,1-2H3,(H,25,29). The fourth-order valence-corrected chi connectivity index (χ4v) is 3.64. The van der Waals surface area contributed by atoms with Gasteiger partial charge in [-0.25, -0.2) is 9.18 Å². The van der Waals surface area contributed by atoms with Crippen molar-refractivity contribution in [2.75, 3.05) is 20.3 Å². The average Bonchev–Trinajstić information content (AvgIpc) is 3.26. The van der Waals surface area contributed by atoms with Gasteiger partial charge in [-0.05, 0) is 31.0 Å². The van der Waals surface area contributed by atoms with E-state index in [1.807, 2.05) is 37.3 Å². The first kappa shape index (κ1) is 20.7. The highest BCUT2D eigenvalue weighted by Gasteiger charge is 2.35. The molecule has 2 amide bonds. The lowest BCUT2D eigenvalue weighted by Gasteiger charge is -2.35. The molecule has 31 heavy (non-hydrogen) atoms. The summed E-state index contributed by atoms with van der Waals surface area (Å²) < 4.78 is 24.2. The molecule has 1 atom stereocenters. The minimum atomic E-state index is -0.546. The normalized spacial score (nSPS) is 16.5. The zero-order valence-electron chi connectivity index (χ0n) is 17.3. The number of halogens is 1. The maximum absolute atomic E-state index is 13.5. The van der Waals surface area contributed by atoms with E-state index in [0.717, 1.165) is 11.1 Å². The van der Waals surface area contributed by atoms with Crippen molar-refractivity contribution < 1.29 is 18.4 Å². The molecule has 1 unspecified atom stereocenters. The van der Waals surface area contributed by atoms with Crippen LogP contribution in [0.25, 0.3) is 17.0 Å². The van der Waals surface area contributed by atoms with Crippen LogP contribution >= 0.6 is 0 Å². The molecule has 2 aromatic carbocycles. The number of ether oxygens (including phenoxy) is 1. The van der Waals surface area contributed by atoms with Gasteiger partial charge in [-0.2, -0.15) is 4.98 Å². The Labute approximate surface area is 179 Å². The Morgan fingerprint density at radius 1 is 1.16 bits per heavy atom. The van der Waals surface area contributed by atoms with Gasteiger partial charge in [-0.15, -0.1) is 0 Å². The van der Waals surface area contributed by atoms with Gasteiger partial charge >= 0.3 is 6.03 Å². The fraction of sp³-hybridized carbons (Fsp3) is 0.261. The number of aromatic nitrogens is 2. The molecule has 0 saturated carbocycles. The number of carbonyl (C=O) groups is 1. The van der Waals surface area contributed by atoms with E-state index in [9.17, 15) is 9.18 Å². The van der Waals surface area contributed by atoms with Crippen LogP contribution in [0.1, 0.15) is 30.8 Å². The van der Waals surface area contributed by atoms with Crippen molar-refractivity contribution in [1.29, 1.82) is 0 Å². The summed E-state index contributed by atoms with van der Waals surface area (Å²) in [4.78, 5) is 19.1. The Morgan fingerprint density at radius 3 is 2.61 bits per heavy atom. The quantitative estimate of drug-likeness (QED) is 0.571. The van der Waals surface area contributed by atoms with Crippen molar-refractivity contribution in [2.24, 2.45) is 0 Å². The summed E-state index contributed by atoms with van der Waals surface area (Å²) in [5, 5.41) is 7.12. The predicted octanol–water partition coefficient (Wildman–Crippen LogP) is 4.41. The first-order valence-corrected chi connectivity index (χ1v) is 10.0. The lowest BCUT2D eigenvalue weighted by atomic mass is 9.94. The van der Waals surface area contributed by atoms with E-state index >= 15 is 0 Å². The molecule has 0 bridgehead atoms. The van der Waals surface area contributed by atoms with Gasteiger partial charge in [0.25, 0.3) is 5.89 Å². The number of allylic oxidation sites excluding steroid dienone is 1. The Balaban J connectivity index is 1.76. The molecule has 160 valence electrons. The van der Waals surface area contributed by atoms with E-state index in [4.69, 9.17) is 9.26 Å². The number of benzene rings is 2. The first-order chi connectivity index (χ1) is 15.1. The van der Waals surface area contributed by atoms with Gasteiger partial charge in [-0.1, -0.05) is 47.6 Å². The summed E-state index contributed by atoms with van der Waals surface area (Å²) in [5.41, 5.74) is 2.93. The molecule has 0 saturated heterocycles. The molecule has 1 N–H and O–H groups in total. The summed E-state index contributed by atoms with van der Waals surface area (Å²) >= 11 is 0. The van der Waals surface area contributed by atoms with Crippen molar-refractivity contribution in [2.45, 2.75) is 19.4 Å². The van der Waals surface area contributed by atoms with Crippen LogP contribution in [-0.4, -0.2) is 41.3 Å². The van der Waals surface area contributed by atoms with E-state index in [2.05, 4.69) is 15.5 Å². The van der Waals surface area contributed by atoms with Gasteiger partial charge in [-0.3, -0.25) is 4.90 Å². The predicted molar refractivity (Wildman–Crippen MR) is 113 cm³/mol. The molecule has 0 fully saturated rings. The highest BCUT2D eigenvalue weighted by atomic mass is 19.1. The summed E-state index contributed by atoms with van der Waals surface area (Å²) in [6.07, 6.45) is 0.675.